The van der Waals surface area contributed by atoms with E-state index in [4.69, 9.17) is 14.2 Å². The molecule has 0 aromatic heterocycles. The minimum Gasteiger partial charge on any atom is -0.496 e. The van der Waals surface area contributed by atoms with E-state index in [0.717, 1.165) is 59.8 Å². The lowest BCUT2D eigenvalue weighted by molar-refractivity contribution is -0.143. The van der Waals surface area contributed by atoms with Gasteiger partial charge in [0.1, 0.15) is 29.0 Å². The van der Waals surface area contributed by atoms with Crippen LogP contribution < -0.4 is 20.1 Å². The number of nitrogens with one attached hydrogen (secondary N) is 3. The Morgan fingerprint density at radius 2 is 1.74 bits per heavy atom. The number of rotatable bonds is 8. The van der Waals surface area contributed by atoms with Crippen molar-refractivity contribution < 1.29 is 41.8 Å². The van der Waals surface area contributed by atoms with Crippen LogP contribution in [0.5, 0.6) is 5.75 Å². The lowest BCUT2D eigenvalue weighted by Crippen LogP contribution is -2.60. The standard InChI is InChI=1S/C39H52N4O9S/c1-37(2,3)32-34(45)43-22-38(51-5,21-30(43)33(44)41-39(20-29(39)24-10-11-24)35(46)42-53(48,49)26-15-16-26)25-14-12-23-13-17-31(50-4)27(28(23)19-25)9-7-6-8-18-52-36(47)40-32/h12-14,17,19,24,26,29-30,32H,6-11,15-16,18,20-22H2,1-5H3,(H,40,47)(H,41,44)(H,42,46)/t29?,30-,32+,38-,39+/m0/s1. The Labute approximate surface area is 311 Å². The molecular formula is C39H52N4O9S. The van der Waals surface area contributed by atoms with Gasteiger partial charge in [-0.2, -0.15) is 0 Å². The fraction of sp³-hybridized carbons (Fsp3) is 0.641. The lowest BCUT2D eigenvalue weighted by Gasteiger charge is -2.36. The highest BCUT2D eigenvalue weighted by atomic mass is 32.2. The zero-order valence-corrected chi connectivity index (χ0v) is 32.1. The molecule has 2 aliphatic heterocycles. The van der Waals surface area contributed by atoms with Gasteiger partial charge >= 0.3 is 6.09 Å². The molecule has 1 unspecified atom stereocenters. The highest BCUT2D eigenvalue weighted by molar-refractivity contribution is 7.91. The van der Waals surface area contributed by atoms with E-state index >= 15 is 0 Å². The average molecular weight is 753 g/mol. The third-order valence-electron chi connectivity index (χ3n) is 12.0. The van der Waals surface area contributed by atoms with Crippen LogP contribution >= 0.6 is 0 Å². The molecule has 3 saturated carbocycles. The van der Waals surface area contributed by atoms with Crippen molar-refractivity contribution in [2.75, 3.05) is 27.4 Å². The number of carbonyl (C=O) groups excluding carboxylic acids is 4. The number of amides is 4. The number of nitrogens with zero attached hydrogens (tertiary/aromatic N) is 1. The third-order valence-corrected chi connectivity index (χ3v) is 13.8. The molecule has 2 aromatic rings. The van der Waals surface area contributed by atoms with Crippen LogP contribution in [-0.4, -0.2) is 87.4 Å². The summed E-state index contributed by atoms with van der Waals surface area (Å²) in [6, 6.07) is 7.80. The summed E-state index contributed by atoms with van der Waals surface area (Å²) in [7, 11) is -0.663. The predicted octanol–water partition coefficient (Wildman–Crippen LogP) is 4.05. The van der Waals surface area contributed by atoms with E-state index in [9.17, 15) is 27.6 Å². The topological polar surface area (TPSA) is 169 Å². The molecule has 5 atom stereocenters. The molecule has 14 heteroatoms. The molecule has 0 spiro atoms. The summed E-state index contributed by atoms with van der Waals surface area (Å²) in [4.78, 5) is 57.8. The van der Waals surface area contributed by atoms with Crippen LogP contribution in [0.3, 0.4) is 0 Å². The van der Waals surface area contributed by atoms with Crippen molar-refractivity contribution in [1.29, 1.82) is 0 Å². The summed E-state index contributed by atoms with van der Waals surface area (Å²) in [6.07, 6.45) is 5.44. The number of alkyl carbamates (subject to hydrolysis) is 1. The number of cyclic esters (lactones) is 1. The SMILES string of the molecule is COc1ccc2ccc3cc2c1CCCCCOC(=O)N[C@@H](C(C)(C)C)C(=O)N1C[C@@]3(OC)C[C@H]1C(=O)N[C@]1(C(=O)NS(=O)(=O)C2CC2)CC1C1CC1. The van der Waals surface area contributed by atoms with Gasteiger partial charge in [-0.25, -0.2) is 13.2 Å². The molecule has 2 aromatic carbocycles. The summed E-state index contributed by atoms with van der Waals surface area (Å²) in [6.45, 7) is 5.65. The van der Waals surface area contributed by atoms with Gasteiger partial charge in [0.05, 0.1) is 25.5 Å². The molecular weight excluding hydrogens is 701 g/mol. The second kappa shape index (κ2) is 13.7. The number of methoxy groups -OCH3 is 2. The van der Waals surface area contributed by atoms with Crippen molar-refractivity contribution in [2.45, 2.75) is 113 Å². The lowest BCUT2D eigenvalue weighted by atomic mass is 9.85. The molecule has 3 N–H and O–H groups in total. The van der Waals surface area contributed by atoms with Gasteiger partial charge in [0, 0.05) is 19.1 Å². The van der Waals surface area contributed by atoms with Crippen molar-refractivity contribution in [3.63, 3.8) is 0 Å². The van der Waals surface area contributed by atoms with Crippen LogP contribution in [0.2, 0.25) is 0 Å². The van der Waals surface area contributed by atoms with Crippen molar-refractivity contribution in [3.8, 4) is 5.75 Å². The molecule has 7 rings (SSSR count). The summed E-state index contributed by atoms with van der Waals surface area (Å²) in [5.41, 5.74) is -1.53. The Hall–Kier alpha value is -3.91. The maximum absolute atomic E-state index is 14.8. The molecule has 2 heterocycles. The summed E-state index contributed by atoms with van der Waals surface area (Å²) >= 11 is 0. The van der Waals surface area contributed by atoms with E-state index < -0.39 is 67.7 Å². The number of carbonyl (C=O) groups is 4. The van der Waals surface area contributed by atoms with E-state index in [1.54, 1.807) is 14.2 Å². The van der Waals surface area contributed by atoms with Gasteiger partial charge in [-0.3, -0.25) is 19.1 Å². The van der Waals surface area contributed by atoms with Crippen molar-refractivity contribution in [3.05, 3.63) is 41.5 Å². The molecule has 4 fully saturated rings. The Morgan fingerprint density at radius 3 is 2.40 bits per heavy atom. The van der Waals surface area contributed by atoms with Crippen LogP contribution in [0, 0.1) is 17.3 Å². The molecule has 53 heavy (non-hydrogen) atoms. The largest absolute Gasteiger partial charge is 0.496 e. The quantitative estimate of drug-likeness (QED) is 0.360. The first-order valence-electron chi connectivity index (χ1n) is 18.9. The molecule has 4 amide bonds. The fourth-order valence-electron chi connectivity index (χ4n) is 8.43. The number of hydrogen-bond donors (Lipinski definition) is 3. The molecule has 13 nitrogen and oxygen atoms in total. The average Bonchev–Trinajstić information content (AvgIpc) is 3.99. The Balaban J connectivity index is 1.29. The van der Waals surface area contributed by atoms with Gasteiger partial charge in [0.25, 0.3) is 5.91 Å². The molecule has 1 saturated heterocycles. The maximum atomic E-state index is 14.8. The first-order valence-corrected chi connectivity index (χ1v) is 20.4. The van der Waals surface area contributed by atoms with Crippen LogP contribution in [-0.2, 0) is 45.9 Å². The van der Waals surface area contributed by atoms with Gasteiger partial charge in [-0.1, -0.05) is 39.0 Å². The second-order valence-corrected chi connectivity index (χ2v) is 18.7. The zero-order chi connectivity index (χ0) is 37.9. The van der Waals surface area contributed by atoms with Crippen LogP contribution in [0.4, 0.5) is 4.79 Å². The zero-order valence-electron chi connectivity index (χ0n) is 31.3. The molecule has 288 valence electrons. The number of aryl methyl sites for hydroxylation is 1. The minimum atomic E-state index is -3.86. The first-order chi connectivity index (χ1) is 25.1. The molecule has 5 aliphatic rings. The van der Waals surface area contributed by atoms with Crippen LogP contribution in [0.1, 0.15) is 89.7 Å². The maximum Gasteiger partial charge on any atom is 0.407 e. The monoisotopic (exact) mass is 752 g/mol. The Bertz CT molecular complexity index is 1920. The number of sulfonamides is 1. The van der Waals surface area contributed by atoms with Gasteiger partial charge in [0.15, 0.2) is 0 Å². The van der Waals surface area contributed by atoms with Gasteiger partial charge in [0.2, 0.25) is 21.8 Å². The predicted molar refractivity (Wildman–Crippen MR) is 196 cm³/mol. The summed E-state index contributed by atoms with van der Waals surface area (Å²) in [5, 5.41) is 7.15. The smallest absolute Gasteiger partial charge is 0.407 e. The number of ether oxygens (including phenoxy) is 3. The van der Waals surface area contributed by atoms with Crippen LogP contribution in [0.15, 0.2) is 30.3 Å². The number of hydrogen-bond acceptors (Lipinski definition) is 9. The normalized spacial score (nSPS) is 29.6. The molecule has 3 aliphatic carbocycles. The fourth-order valence-corrected chi connectivity index (χ4v) is 9.79. The molecule has 4 bridgehead atoms. The Morgan fingerprint density at radius 1 is 1.00 bits per heavy atom. The van der Waals surface area contributed by atoms with E-state index in [1.807, 2.05) is 45.0 Å². The third kappa shape index (κ3) is 7.20. The van der Waals surface area contributed by atoms with Crippen LogP contribution in [0.25, 0.3) is 10.8 Å². The highest BCUT2D eigenvalue weighted by Gasteiger charge is 2.67. The summed E-state index contributed by atoms with van der Waals surface area (Å²) in [5.74, 6) is -1.04. The first kappa shape index (κ1) is 37.4. The van der Waals surface area contributed by atoms with E-state index in [0.29, 0.717) is 25.7 Å². The van der Waals surface area contributed by atoms with Gasteiger partial charge in [-0.15, -0.1) is 0 Å². The van der Waals surface area contributed by atoms with E-state index in [1.165, 1.54) is 4.90 Å². The minimum absolute atomic E-state index is 0.0180. The highest BCUT2D eigenvalue weighted by Crippen LogP contribution is 2.57. The van der Waals surface area contributed by atoms with Crippen molar-refractivity contribution >= 4 is 44.6 Å². The Kier molecular flexibility index (Phi) is 9.70. The van der Waals surface area contributed by atoms with Crippen molar-refractivity contribution in [2.24, 2.45) is 17.3 Å². The van der Waals surface area contributed by atoms with E-state index in [2.05, 4.69) is 21.4 Å². The second-order valence-electron chi connectivity index (χ2n) is 16.7. The number of fused-ring (bicyclic) bond motifs is 4. The van der Waals surface area contributed by atoms with E-state index in [-0.39, 0.29) is 31.4 Å². The van der Waals surface area contributed by atoms with Gasteiger partial charge < -0.3 is 29.7 Å². The molecule has 0 radical (unpaired) electrons. The van der Waals surface area contributed by atoms with Crippen molar-refractivity contribution in [1.82, 2.24) is 20.3 Å². The van der Waals surface area contributed by atoms with Gasteiger partial charge in [-0.05, 0) is 104 Å². The summed E-state index contributed by atoms with van der Waals surface area (Å²) < 4.78 is 45.7. The number of benzene rings is 2.